The van der Waals surface area contributed by atoms with E-state index in [-0.39, 0.29) is 17.7 Å². The fraction of sp³-hybridized carbons (Fsp3) is 0.0833. The SMILES string of the molecule is COc1ccc2sc(N(Cc3ccccn3)C(=O)c3cc(=O)c4ccccc4o3)nc2c1. The average Bonchev–Trinajstić information content (AvgIpc) is 3.25. The van der Waals surface area contributed by atoms with E-state index in [1.54, 1.807) is 37.6 Å². The Labute approximate surface area is 186 Å². The number of para-hydroxylation sites is 1. The van der Waals surface area contributed by atoms with Crippen LogP contribution in [0.25, 0.3) is 21.2 Å². The van der Waals surface area contributed by atoms with Crippen LogP contribution in [-0.4, -0.2) is 23.0 Å². The van der Waals surface area contributed by atoms with Crippen LogP contribution in [0.4, 0.5) is 5.13 Å². The third-order valence-electron chi connectivity index (χ3n) is 4.95. The van der Waals surface area contributed by atoms with Crippen molar-refractivity contribution in [1.29, 1.82) is 0 Å². The summed E-state index contributed by atoms with van der Waals surface area (Å²) in [6, 6.07) is 19.1. The number of rotatable bonds is 5. The summed E-state index contributed by atoms with van der Waals surface area (Å²) in [5.41, 5.74) is 1.47. The number of pyridine rings is 1. The zero-order chi connectivity index (χ0) is 22.1. The fourth-order valence-electron chi connectivity index (χ4n) is 3.36. The van der Waals surface area contributed by atoms with Crippen molar-refractivity contribution in [1.82, 2.24) is 9.97 Å². The van der Waals surface area contributed by atoms with Crippen LogP contribution >= 0.6 is 11.3 Å². The van der Waals surface area contributed by atoms with E-state index in [0.717, 1.165) is 4.70 Å². The van der Waals surface area contributed by atoms with Crippen LogP contribution in [0, 0.1) is 0 Å². The molecular formula is C24H17N3O4S. The molecule has 8 heteroatoms. The molecule has 0 saturated carbocycles. The summed E-state index contributed by atoms with van der Waals surface area (Å²) < 4.78 is 12.0. The number of thiazole rings is 1. The second-order valence-corrected chi connectivity index (χ2v) is 8.02. The van der Waals surface area contributed by atoms with Gasteiger partial charge in [-0.05, 0) is 36.4 Å². The minimum absolute atomic E-state index is 0.0542. The highest BCUT2D eigenvalue weighted by atomic mass is 32.1. The molecule has 0 aliphatic rings. The van der Waals surface area contributed by atoms with Gasteiger partial charge in [0.15, 0.2) is 16.3 Å². The van der Waals surface area contributed by atoms with Crippen LogP contribution in [0.15, 0.2) is 82.1 Å². The van der Waals surface area contributed by atoms with Gasteiger partial charge in [0.2, 0.25) is 0 Å². The molecule has 0 saturated heterocycles. The maximum atomic E-state index is 13.6. The topological polar surface area (TPSA) is 85.5 Å². The molecule has 7 nitrogen and oxygen atoms in total. The molecule has 3 aromatic heterocycles. The van der Waals surface area contributed by atoms with Crippen molar-refractivity contribution in [2.45, 2.75) is 6.54 Å². The van der Waals surface area contributed by atoms with Crippen molar-refractivity contribution >= 4 is 43.6 Å². The first kappa shape index (κ1) is 19.9. The van der Waals surface area contributed by atoms with Gasteiger partial charge in [0.05, 0.1) is 35.0 Å². The van der Waals surface area contributed by atoms with Crippen LogP contribution in [-0.2, 0) is 6.54 Å². The van der Waals surface area contributed by atoms with E-state index < -0.39 is 5.91 Å². The van der Waals surface area contributed by atoms with E-state index in [1.165, 1.54) is 22.3 Å². The van der Waals surface area contributed by atoms with E-state index >= 15 is 0 Å². The van der Waals surface area contributed by atoms with Crippen molar-refractivity contribution < 1.29 is 13.9 Å². The molecule has 0 aliphatic carbocycles. The number of carbonyl (C=O) groups is 1. The molecule has 2 aromatic carbocycles. The lowest BCUT2D eigenvalue weighted by Gasteiger charge is -2.19. The van der Waals surface area contributed by atoms with Gasteiger partial charge in [-0.15, -0.1) is 0 Å². The molecule has 1 amide bonds. The minimum atomic E-state index is -0.468. The number of anilines is 1. The third-order valence-corrected chi connectivity index (χ3v) is 6.01. The van der Waals surface area contributed by atoms with E-state index in [1.807, 2.05) is 36.4 Å². The molecular weight excluding hydrogens is 426 g/mol. The molecule has 0 bridgehead atoms. The molecule has 5 aromatic rings. The molecule has 158 valence electrons. The predicted molar refractivity (Wildman–Crippen MR) is 123 cm³/mol. The minimum Gasteiger partial charge on any atom is -0.497 e. The number of ether oxygens (including phenoxy) is 1. The zero-order valence-corrected chi connectivity index (χ0v) is 17.8. The number of aromatic nitrogens is 2. The molecule has 0 atom stereocenters. The van der Waals surface area contributed by atoms with Crippen LogP contribution < -0.4 is 15.1 Å². The molecule has 0 aliphatic heterocycles. The van der Waals surface area contributed by atoms with Crippen molar-refractivity contribution in [2.24, 2.45) is 0 Å². The summed E-state index contributed by atoms with van der Waals surface area (Å²) in [6.45, 7) is 0.174. The smallest absolute Gasteiger partial charge is 0.296 e. The first-order valence-electron chi connectivity index (χ1n) is 9.81. The van der Waals surface area contributed by atoms with E-state index in [4.69, 9.17) is 9.15 Å². The largest absolute Gasteiger partial charge is 0.497 e. The first-order valence-corrected chi connectivity index (χ1v) is 10.6. The van der Waals surface area contributed by atoms with Gasteiger partial charge in [-0.1, -0.05) is 29.5 Å². The van der Waals surface area contributed by atoms with Crippen molar-refractivity contribution in [3.05, 3.63) is 94.6 Å². The van der Waals surface area contributed by atoms with Gasteiger partial charge in [0.1, 0.15) is 11.3 Å². The fourth-order valence-corrected chi connectivity index (χ4v) is 4.30. The Bertz CT molecular complexity index is 1490. The number of carbonyl (C=O) groups excluding carboxylic acids is 1. The Morgan fingerprint density at radius 3 is 2.75 bits per heavy atom. The predicted octanol–water partition coefficient (Wildman–Crippen LogP) is 4.65. The van der Waals surface area contributed by atoms with Crippen molar-refractivity contribution in [2.75, 3.05) is 12.0 Å². The Balaban J connectivity index is 1.61. The average molecular weight is 443 g/mol. The first-order chi connectivity index (χ1) is 15.6. The van der Waals surface area contributed by atoms with E-state index in [2.05, 4.69) is 9.97 Å². The van der Waals surface area contributed by atoms with Crippen LogP contribution in [0.1, 0.15) is 16.2 Å². The molecule has 3 heterocycles. The standard InChI is InChI=1S/C24H17N3O4S/c1-30-16-9-10-22-18(12-16)26-24(32-22)27(14-15-6-4-5-11-25-15)23(29)21-13-19(28)17-7-2-3-8-20(17)31-21/h2-13H,14H2,1H3. The highest BCUT2D eigenvalue weighted by Gasteiger charge is 2.25. The Kier molecular flexibility index (Phi) is 5.12. The molecule has 32 heavy (non-hydrogen) atoms. The summed E-state index contributed by atoms with van der Waals surface area (Å²) in [6.07, 6.45) is 1.66. The lowest BCUT2D eigenvalue weighted by Crippen LogP contribution is -2.31. The Morgan fingerprint density at radius 2 is 1.94 bits per heavy atom. The van der Waals surface area contributed by atoms with Gasteiger partial charge < -0.3 is 9.15 Å². The second kappa shape index (κ2) is 8.24. The summed E-state index contributed by atoms with van der Waals surface area (Å²) in [5, 5.41) is 0.895. The number of hydrogen-bond donors (Lipinski definition) is 0. The summed E-state index contributed by atoms with van der Waals surface area (Å²) in [4.78, 5) is 36.6. The number of benzene rings is 2. The number of nitrogens with zero attached hydrogens (tertiary/aromatic N) is 3. The van der Waals surface area contributed by atoms with Gasteiger partial charge in [-0.3, -0.25) is 19.5 Å². The third kappa shape index (κ3) is 3.72. The van der Waals surface area contributed by atoms with E-state index in [0.29, 0.717) is 33.1 Å². The molecule has 0 radical (unpaired) electrons. The highest BCUT2D eigenvalue weighted by molar-refractivity contribution is 7.22. The van der Waals surface area contributed by atoms with Crippen LogP contribution in [0.3, 0.4) is 0 Å². The normalized spacial score (nSPS) is 11.0. The lowest BCUT2D eigenvalue weighted by molar-refractivity contribution is 0.0958. The number of fused-ring (bicyclic) bond motifs is 2. The summed E-state index contributed by atoms with van der Waals surface area (Å²) >= 11 is 1.37. The molecule has 0 spiro atoms. The molecule has 5 rings (SSSR count). The number of methoxy groups -OCH3 is 1. The molecule has 0 unspecified atom stereocenters. The lowest BCUT2D eigenvalue weighted by atomic mass is 10.2. The molecule has 0 fully saturated rings. The summed E-state index contributed by atoms with van der Waals surface area (Å²) in [5.74, 6) is 0.156. The van der Waals surface area contributed by atoms with Crippen molar-refractivity contribution in [3.63, 3.8) is 0 Å². The second-order valence-electron chi connectivity index (χ2n) is 7.01. The summed E-state index contributed by atoms with van der Waals surface area (Å²) in [7, 11) is 1.59. The van der Waals surface area contributed by atoms with Gasteiger partial charge in [-0.25, -0.2) is 4.98 Å². The van der Waals surface area contributed by atoms with Crippen LogP contribution in [0.2, 0.25) is 0 Å². The number of amides is 1. The Hall–Kier alpha value is -4.04. The van der Waals surface area contributed by atoms with Gasteiger partial charge in [0.25, 0.3) is 5.91 Å². The highest BCUT2D eigenvalue weighted by Crippen LogP contribution is 2.32. The molecule has 0 N–H and O–H groups in total. The Morgan fingerprint density at radius 1 is 1.09 bits per heavy atom. The van der Waals surface area contributed by atoms with Gasteiger partial charge in [-0.2, -0.15) is 0 Å². The maximum absolute atomic E-state index is 13.6. The number of hydrogen-bond acceptors (Lipinski definition) is 7. The van der Waals surface area contributed by atoms with Crippen molar-refractivity contribution in [3.8, 4) is 5.75 Å². The zero-order valence-electron chi connectivity index (χ0n) is 17.0. The monoisotopic (exact) mass is 443 g/mol. The van der Waals surface area contributed by atoms with Crippen LogP contribution in [0.5, 0.6) is 5.75 Å². The van der Waals surface area contributed by atoms with Gasteiger partial charge >= 0.3 is 0 Å². The maximum Gasteiger partial charge on any atom is 0.296 e. The van der Waals surface area contributed by atoms with E-state index in [9.17, 15) is 9.59 Å². The van der Waals surface area contributed by atoms with Gasteiger partial charge in [0, 0.05) is 18.3 Å². The quantitative estimate of drug-likeness (QED) is 0.393.